The van der Waals surface area contributed by atoms with Crippen molar-refractivity contribution in [2.45, 2.75) is 38.1 Å². The van der Waals surface area contributed by atoms with E-state index in [9.17, 15) is 0 Å². The third kappa shape index (κ3) is 2.15. The van der Waals surface area contributed by atoms with Gasteiger partial charge in [0, 0.05) is 13.0 Å². The molecule has 4 nitrogen and oxygen atoms in total. The summed E-state index contributed by atoms with van der Waals surface area (Å²) in [4.78, 5) is 0. The van der Waals surface area contributed by atoms with Crippen molar-refractivity contribution in [3.63, 3.8) is 0 Å². The van der Waals surface area contributed by atoms with Gasteiger partial charge in [0.05, 0.1) is 17.9 Å². The number of nitrogens with two attached hydrogens (primary N) is 1. The van der Waals surface area contributed by atoms with E-state index >= 15 is 0 Å². The molecule has 0 bridgehead atoms. The van der Waals surface area contributed by atoms with Gasteiger partial charge in [-0.2, -0.15) is 5.10 Å². The van der Waals surface area contributed by atoms with Crippen LogP contribution in [0.1, 0.15) is 47.2 Å². The first kappa shape index (κ1) is 13.3. The Bertz CT molecular complexity index is 583. The topological polar surface area (TPSA) is 55.9 Å². The second-order valence-electron chi connectivity index (χ2n) is 5.68. The number of aryl methyl sites for hydroxylation is 3. The Balaban J connectivity index is 2.03. The molecule has 106 valence electrons. The summed E-state index contributed by atoms with van der Waals surface area (Å²) >= 11 is 0. The van der Waals surface area contributed by atoms with Gasteiger partial charge >= 0.3 is 0 Å². The Morgan fingerprint density at radius 1 is 1.40 bits per heavy atom. The van der Waals surface area contributed by atoms with Crippen molar-refractivity contribution in [2.24, 2.45) is 12.9 Å². The molecule has 1 aromatic carbocycles. The lowest BCUT2D eigenvalue weighted by Gasteiger charge is -2.32. The molecule has 0 radical (unpaired) electrons. The largest absolute Gasteiger partial charge is 0.271 e. The zero-order valence-corrected chi connectivity index (χ0v) is 12.1. The first-order valence-electron chi connectivity index (χ1n) is 7.24. The summed E-state index contributed by atoms with van der Waals surface area (Å²) in [6, 6.07) is 8.85. The van der Waals surface area contributed by atoms with Crippen LogP contribution in [-0.4, -0.2) is 9.78 Å². The number of hydrogen-bond donors (Lipinski definition) is 2. The molecule has 3 N–H and O–H groups in total. The zero-order chi connectivity index (χ0) is 14.1. The van der Waals surface area contributed by atoms with Crippen LogP contribution in [0.4, 0.5) is 0 Å². The summed E-state index contributed by atoms with van der Waals surface area (Å²) < 4.78 is 1.94. The number of hydrogen-bond acceptors (Lipinski definition) is 3. The minimum Gasteiger partial charge on any atom is -0.271 e. The maximum Gasteiger partial charge on any atom is 0.0700 e. The second-order valence-corrected chi connectivity index (χ2v) is 5.68. The number of hydrazine groups is 1. The van der Waals surface area contributed by atoms with Crippen molar-refractivity contribution < 1.29 is 0 Å². The highest BCUT2D eigenvalue weighted by Crippen LogP contribution is 2.40. The Kier molecular flexibility index (Phi) is 3.59. The number of aromatic nitrogens is 2. The molecule has 0 saturated heterocycles. The Hall–Kier alpha value is -1.65. The number of nitrogens with one attached hydrogen (secondary N) is 1. The summed E-state index contributed by atoms with van der Waals surface area (Å²) in [5.74, 6) is 6.31. The van der Waals surface area contributed by atoms with Crippen LogP contribution >= 0.6 is 0 Å². The molecule has 3 rings (SSSR count). The van der Waals surface area contributed by atoms with Gasteiger partial charge in [-0.1, -0.05) is 24.3 Å². The van der Waals surface area contributed by atoms with Gasteiger partial charge < -0.3 is 0 Å². The smallest absolute Gasteiger partial charge is 0.0700 e. The molecule has 0 spiro atoms. The lowest BCUT2D eigenvalue weighted by molar-refractivity contribution is 0.388. The van der Waals surface area contributed by atoms with Gasteiger partial charge in [-0.3, -0.25) is 16.0 Å². The van der Waals surface area contributed by atoms with Gasteiger partial charge in [-0.05, 0) is 42.9 Å². The van der Waals surface area contributed by atoms with Gasteiger partial charge in [0.25, 0.3) is 0 Å². The average Bonchev–Trinajstić information content (AvgIpc) is 2.81. The average molecular weight is 270 g/mol. The van der Waals surface area contributed by atoms with Crippen LogP contribution < -0.4 is 11.3 Å². The van der Waals surface area contributed by atoms with Crippen molar-refractivity contribution in [2.75, 3.05) is 0 Å². The van der Waals surface area contributed by atoms with E-state index in [1.54, 1.807) is 0 Å². The maximum atomic E-state index is 5.90. The fourth-order valence-electron chi connectivity index (χ4n) is 3.53. The van der Waals surface area contributed by atoms with E-state index in [2.05, 4.69) is 41.7 Å². The highest BCUT2D eigenvalue weighted by molar-refractivity contribution is 5.36. The molecule has 4 heteroatoms. The first-order chi connectivity index (χ1) is 9.72. The van der Waals surface area contributed by atoms with Crippen molar-refractivity contribution in [3.8, 4) is 0 Å². The minimum atomic E-state index is 0.115. The van der Waals surface area contributed by atoms with Crippen LogP contribution in [0.3, 0.4) is 0 Å². The lowest BCUT2D eigenvalue weighted by atomic mass is 9.77. The number of benzene rings is 1. The van der Waals surface area contributed by atoms with Crippen LogP contribution in [0, 0.1) is 6.92 Å². The SMILES string of the molecule is Cc1cnn(C)c1C(NN)C1CCCc2ccccc21. The van der Waals surface area contributed by atoms with Gasteiger partial charge in [-0.15, -0.1) is 0 Å². The van der Waals surface area contributed by atoms with E-state index in [4.69, 9.17) is 5.84 Å². The molecular weight excluding hydrogens is 248 g/mol. The molecule has 0 fully saturated rings. The maximum absolute atomic E-state index is 5.90. The van der Waals surface area contributed by atoms with Crippen molar-refractivity contribution >= 4 is 0 Å². The van der Waals surface area contributed by atoms with Crippen molar-refractivity contribution in [1.82, 2.24) is 15.2 Å². The van der Waals surface area contributed by atoms with Gasteiger partial charge in [-0.25, -0.2) is 0 Å². The normalized spacial score (nSPS) is 19.6. The number of fused-ring (bicyclic) bond motifs is 1. The van der Waals surface area contributed by atoms with Crippen LogP contribution in [0.2, 0.25) is 0 Å². The van der Waals surface area contributed by atoms with Crippen LogP contribution in [0.5, 0.6) is 0 Å². The monoisotopic (exact) mass is 270 g/mol. The van der Waals surface area contributed by atoms with Gasteiger partial charge in [0.2, 0.25) is 0 Å². The summed E-state index contributed by atoms with van der Waals surface area (Å²) in [7, 11) is 1.99. The summed E-state index contributed by atoms with van der Waals surface area (Å²) in [6.07, 6.45) is 5.47. The highest BCUT2D eigenvalue weighted by atomic mass is 15.3. The van der Waals surface area contributed by atoms with E-state index in [1.807, 2.05) is 17.9 Å². The minimum absolute atomic E-state index is 0.115. The zero-order valence-electron chi connectivity index (χ0n) is 12.1. The van der Waals surface area contributed by atoms with Crippen LogP contribution in [0.15, 0.2) is 30.5 Å². The van der Waals surface area contributed by atoms with Crippen LogP contribution in [0.25, 0.3) is 0 Å². The third-order valence-corrected chi connectivity index (χ3v) is 4.47. The Morgan fingerprint density at radius 3 is 2.90 bits per heavy atom. The number of nitrogens with zero attached hydrogens (tertiary/aromatic N) is 2. The molecule has 1 aromatic heterocycles. The molecule has 0 aliphatic heterocycles. The molecule has 2 atom stereocenters. The van der Waals surface area contributed by atoms with E-state index < -0.39 is 0 Å². The predicted octanol–water partition coefficient (Wildman–Crippen LogP) is 2.35. The molecule has 20 heavy (non-hydrogen) atoms. The molecule has 2 aromatic rings. The van der Waals surface area contributed by atoms with E-state index in [0.717, 1.165) is 6.42 Å². The standard InChI is InChI=1S/C16H22N4/c1-11-10-18-20(2)16(11)15(19-17)14-9-5-7-12-6-3-4-8-13(12)14/h3-4,6,8,10,14-15,19H,5,7,9,17H2,1-2H3. The molecule has 1 heterocycles. The Morgan fingerprint density at radius 2 is 2.20 bits per heavy atom. The fourth-order valence-corrected chi connectivity index (χ4v) is 3.53. The van der Waals surface area contributed by atoms with Crippen molar-refractivity contribution in [3.05, 3.63) is 52.8 Å². The second kappa shape index (κ2) is 5.38. The molecule has 1 aliphatic carbocycles. The molecule has 1 aliphatic rings. The molecule has 0 amide bonds. The summed E-state index contributed by atoms with van der Waals surface area (Å²) in [5, 5.41) is 4.36. The van der Waals surface area contributed by atoms with E-state index in [-0.39, 0.29) is 6.04 Å². The fraction of sp³-hybridized carbons (Fsp3) is 0.438. The molecular formula is C16H22N4. The first-order valence-corrected chi connectivity index (χ1v) is 7.24. The Labute approximate surface area is 120 Å². The molecule has 0 saturated carbocycles. The van der Waals surface area contributed by atoms with Crippen LogP contribution in [-0.2, 0) is 13.5 Å². The predicted molar refractivity (Wildman–Crippen MR) is 80.1 cm³/mol. The van der Waals surface area contributed by atoms with Crippen molar-refractivity contribution in [1.29, 1.82) is 0 Å². The lowest BCUT2D eigenvalue weighted by Crippen LogP contribution is -2.35. The van der Waals surface area contributed by atoms with E-state index in [0.29, 0.717) is 5.92 Å². The molecule has 2 unspecified atom stereocenters. The van der Waals surface area contributed by atoms with Gasteiger partial charge in [0.15, 0.2) is 0 Å². The quantitative estimate of drug-likeness (QED) is 0.665. The van der Waals surface area contributed by atoms with E-state index in [1.165, 1.54) is 35.2 Å². The third-order valence-electron chi connectivity index (χ3n) is 4.47. The summed E-state index contributed by atoms with van der Waals surface area (Å²) in [5.41, 5.74) is 8.31. The number of rotatable bonds is 3. The van der Waals surface area contributed by atoms with Gasteiger partial charge in [0.1, 0.15) is 0 Å². The highest BCUT2D eigenvalue weighted by Gasteiger charge is 2.30. The summed E-state index contributed by atoms with van der Waals surface area (Å²) in [6.45, 7) is 2.10.